The van der Waals surface area contributed by atoms with Crippen LogP contribution in [0.1, 0.15) is 25.0 Å². The van der Waals surface area contributed by atoms with E-state index in [4.69, 9.17) is 9.97 Å². The normalized spacial score (nSPS) is 13.1. The van der Waals surface area contributed by atoms with E-state index in [1.807, 2.05) is 6.07 Å². The van der Waals surface area contributed by atoms with Crippen LogP contribution in [0.15, 0.2) is 170 Å². The molecule has 0 saturated heterocycles. The van der Waals surface area contributed by atoms with Gasteiger partial charge in [-0.1, -0.05) is 178 Å². The Hall–Kier alpha value is -6.38. The van der Waals surface area contributed by atoms with E-state index in [1.165, 1.54) is 60.3 Å². The number of aromatic nitrogens is 2. The maximum Gasteiger partial charge on any atom is 0.161 e. The molecule has 2 heteroatoms. The molecule has 0 radical (unpaired) electrons. The van der Waals surface area contributed by atoms with Gasteiger partial charge in [-0.05, 0) is 71.8 Å². The lowest BCUT2D eigenvalue weighted by Gasteiger charge is -2.26. The van der Waals surface area contributed by atoms with Crippen molar-refractivity contribution in [3.8, 4) is 56.2 Å². The van der Waals surface area contributed by atoms with Crippen molar-refractivity contribution in [1.29, 1.82) is 0 Å². The summed E-state index contributed by atoms with van der Waals surface area (Å²) < 4.78 is 0. The quantitative estimate of drug-likeness (QED) is 0.189. The van der Waals surface area contributed by atoms with Gasteiger partial charge in [0.05, 0.1) is 11.4 Å². The van der Waals surface area contributed by atoms with Crippen LogP contribution in [-0.2, 0) is 5.41 Å². The lowest BCUT2D eigenvalue weighted by molar-refractivity contribution is 0.668. The van der Waals surface area contributed by atoms with Crippen molar-refractivity contribution in [3.63, 3.8) is 0 Å². The lowest BCUT2D eigenvalue weighted by Crippen LogP contribution is -2.17. The fourth-order valence-electron chi connectivity index (χ4n) is 8.61. The summed E-state index contributed by atoms with van der Waals surface area (Å²) in [4.78, 5) is 10.5. The third kappa shape index (κ3) is 4.57. The molecule has 51 heavy (non-hydrogen) atoms. The molecule has 0 saturated carbocycles. The Morgan fingerprint density at radius 2 is 0.863 bits per heavy atom. The van der Waals surface area contributed by atoms with E-state index in [0.29, 0.717) is 0 Å². The fourth-order valence-corrected chi connectivity index (χ4v) is 8.61. The van der Waals surface area contributed by atoms with Gasteiger partial charge in [0.1, 0.15) is 0 Å². The van der Waals surface area contributed by atoms with E-state index in [9.17, 15) is 0 Å². The second-order valence-corrected chi connectivity index (χ2v) is 14.1. The zero-order chi connectivity index (χ0) is 34.1. The van der Waals surface area contributed by atoms with Crippen molar-refractivity contribution in [3.05, 3.63) is 181 Å². The Morgan fingerprint density at radius 3 is 1.65 bits per heavy atom. The molecule has 8 aromatic carbocycles. The molecular formula is C49H34N2. The van der Waals surface area contributed by atoms with Crippen molar-refractivity contribution >= 4 is 32.3 Å². The molecule has 1 aliphatic rings. The van der Waals surface area contributed by atoms with Crippen LogP contribution in [0.25, 0.3) is 88.5 Å². The summed E-state index contributed by atoms with van der Waals surface area (Å²) in [6.07, 6.45) is 0. The summed E-state index contributed by atoms with van der Waals surface area (Å²) >= 11 is 0. The highest BCUT2D eigenvalue weighted by Gasteiger charge is 2.39. The number of fused-ring (bicyclic) bond motifs is 7. The molecule has 240 valence electrons. The number of benzene rings is 8. The first-order chi connectivity index (χ1) is 25.1. The molecule has 0 spiro atoms. The molecule has 1 heterocycles. The van der Waals surface area contributed by atoms with Crippen LogP contribution >= 0.6 is 0 Å². The zero-order valence-electron chi connectivity index (χ0n) is 28.6. The first-order valence-corrected chi connectivity index (χ1v) is 17.7. The van der Waals surface area contributed by atoms with Gasteiger partial charge in [0.2, 0.25) is 0 Å². The van der Waals surface area contributed by atoms with Crippen molar-refractivity contribution in [1.82, 2.24) is 9.97 Å². The van der Waals surface area contributed by atoms with Crippen LogP contribution in [-0.4, -0.2) is 9.97 Å². The minimum absolute atomic E-state index is 0.174. The van der Waals surface area contributed by atoms with Crippen molar-refractivity contribution in [2.75, 3.05) is 0 Å². The van der Waals surface area contributed by atoms with Crippen LogP contribution in [0.2, 0.25) is 0 Å². The first-order valence-electron chi connectivity index (χ1n) is 17.7. The van der Waals surface area contributed by atoms with Crippen LogP contribution in [0.4, 0.5) is 0 Å². The van der Waals surface area contributed by atoms with E-state index in [2.05, 4.69) is 178 Å². The molecule has 9 aromatic rings. The Bertz CT molecular complexity index is 2820. The Labute approximate surface area is 297 Å². The Balaban J connectivity index is 1.19. The molecule has 0 unspecified atom stereocenters. The molecule has 0 fully saturated rings. The summed E-state index contributed by atoms with van der Waals surface area (Å²) in [5, 5.41) is 7.33. The number of rotatable bonds is 4. The monoisotopic (exact) mass is 650 g/mol. The number of nitrogens with zero attached hydrogens (tertiary/aromatic N) is 2. The summed E-state index contributed by atoms with van der Waals surface area (Å²) in [6.45, 7) is 4.79. The molecule has 0 N–H and O–H groups in total. The van der Waals surface area contributed by atoms with E-state index < -0.39 is 0 Å². The summed E-state index contributed by atoms with van der Waals surface area (Å²) in [5.74, 6) is 0.726. The van der Waals surface area contributed by atoms with Gasteiger partial charge in [0, 0.05) is 22.1 Å². The summed E-state index contributed by atoms with van der Waals surface area (Å²) in [5.41, 5.74) is 12.8. The van der Waals surface area contributed by atoms with Crippen molar-refractivity contribution < 1.29 is 0 Å². The van der Waals surface area contributed by atoms with E-state index in [0.717, 1.165) is 39.3 Å². The minimum atomic E-state index is -0.174. The maximum absolute atomic E-state index is 5.33. The average molecular weight is 651 g/mol. The van der Waals surface area contributed by atoms with Crippen LogP contribution in [0, 0.1) is 0 Å². The average Bonchev–Trinajstić information content (AvgIpc) is 3.44. The zero-order valence-corrected chi connectivity index (χ0v) is 28.6. The largest absolute Gasteiger partial charge is 0.228 e. The SMILES string of the molecule is CC1(C)c2c(cccc2-c2ccc(-c3cc(-c4ccccc4)nc(-c4cccc5ccccc45)n3)c3ccccc23)-c2ccc3ccccc3c21. The third-order valence-electron chi connectivity index (χ3n) is 10.9. The smallest absolute Gasteiger partial charge is 0.161 e. The predicted molar refractivity (Wildman–Crippen MR) is 214 cm³/mol. The van der Waals surface area contributed by atoms with Crippen LogP contribution in [0.3, 0.4) is 0 Å². The molecule has 0 atom stereocenters. The van der Waals surface area contributed by atoms with Gasteiger partial charge in [-0.15, -0.1) is 0 Å². The minimum Gasteiger partial charge on any atom is -0.228 e. The molecular weight excluding hydrogens is 617 g/mol. The van der Waals surface area contributed by atoms with Crippen LogP contribution in [0.5, 0.6) is 0 Å². The standard InChI is InChI=1S/C49H34N2/c1-49(2)46-35-20-9-7-15-32(35)26-27-42(46)41-24-13-23-40(47(41)49)38-28-29-39(37-22-11-10-21-36(37)38)45-30-44(33-16-4-3-5-17-33)50-48(51-45)43-25-12-18-31-14-6-8-19-34(31)43/h3-30H,1-2H3. The molecule has 0 bridgehead atoms. The van der Waals surface area contributed by atoms with Gasteiger partial charge in [-0.25, -0.2) is 9.97 Å². The second kappa shape index (κ2) is 11.3. The Morgan fingerprint density at radius 1 is 0.353 bits per heavy atom. The third-order valence-corrected chi connectivity index (χ3v) is 10.9. The molecule has 10 rings (SSSR count). The molecule has 2 nitrogen and oxygen atoms in total. The molecule has 0 aliphatic heterocycles. The molecule has 1 aliphatic carbocycles. The van der Waals surface area contributed by atoms with Gasteiger partial charge >= 0.3 is 0 Å². The highest BCUT2D eigenvalue weighted by molar-refractivity contribution is 6.07. The van der Waals surface area contributed by atoms with Crippen molar-refractivity contribution in [2.45, 2.75) is 19.3 Å². The summed E-state index contributed by atoms with van der Waals surface area (Å²) in [7, 11) is 0. The summed E-state index contributed by atoms with van der Waals surface area (Å²) in [6, 6.07) is 61.1. The van der Waals surface area contributed by atoms with Gasteiger partial charge in [0.15, 0.2) is 5.82 Å². The second-order valence-electron chi connectivity index (χ2n) is 14.1. The Kier molecular flexibility index (Phi) is 6.56. The molecule has 0 amide bonds. The topological polar surface area (TPSA) is 25.8 Å². The van der Waals surface area contributed by atoms with Gasteiger partial charge in [-0.2, -0.15) is 0 Å². The van der Waals surface area contributed by atoms with Crippen molar-refractivity contribution in [2.24, 2.45) is 0 Å². The van der Waals surface area contributed by atoms with Crippen LogP contribution < -0.4 is 0 Å². The highest BCUT2D eigenvalue weighted by Crippen LogP contribution is 2.55. The lowest BCUT2D eigenvalue weighted by atomic mass is 9.77. The number of hydrogen-bond acceptors (Lipinski definition) is 2. The van der Waals surface area contributed by atoms with E-state index in [1.54, 1.807) is 0 Å². The first kappa shape index (κ1) is 29.5. The van der Waals surface area contributed by atoms with E-state index in [-0.39, 0.29) is 5.41 Å². The number of hydrogen-bond donors (Lipinski definition) is 0. The van der Waals surface area contributed by atoms with Gasteiger partial charge < -0.3 is 0 Å². The fraction of sp³-hybridized carbons (Fsp3) is 0.0612. The molecule has 1 aromatic heterocycles. The highest BCUT2D eigenvalue weighted by atomic mass is 14.9. The van der Waals surface area contributed by atoms with Gasteiger partial charge in [0.25, 0.3) is 0 Å². The predicted octanol–water partition coefficient (Wildman–Crippen LogP) is 12.9. The van der Waals surface area contributed by atoms with Gasteiger partial charge in [-0.3, -0.25) is 0 Å². The maximum atomic E-state index is 5.33. The van der Waals surface area contributed by atoms with E-state index >= 15 is 0 Å².